The van der Waals surface area contributed by atoms with Crippen molar-refractivity contribution >= 4 is 17.0 Å². The maximum atomic E-state index is 11.5. The van der Waals surface area contributed by atoms with Gasteiger partial charge in [0.25, 0.3) is 0 Å². The normalized spacial score (nSPS) is 12.4. The minimum atomic E-state index is -0.683. The van der Waals surface area contributed by atoms with Gasteiger partial charge < -0.3 is 15.9 Å². The van der Waals surface area contributed by atoms with Gasteiger partial charge in [0.1, 0.15) is 0 Å². The summed E-state index contributed by atoms with van der Waals surface area (Å²) in [6.45, 7) is 0. The van der Waals surface area contributed by atoms with Crippen LogP contribution in [0.4, 0.5) is 0 Å². The van der Waals surface area contributed by atoms with E-state index < -0.39 is 11.9 Å². The van der Waals surface area contributed by atoms with Crippen molar-refractivity contribution in [1.82, 2.24) is 4.57 Å². The van der Waals surface area contributed by atoms with Gasteiger partial charge in [-0.15, -0.1) is 0 Å². The van der Waals surface area contributed by atoms with Crippen LogP contribution in [-0.2, 0) is 18.3 Å². The van der Waals surface area contributed by atoms with Gasteiger partial charge in [0.15, 0.2) is 5.58 Å². The van der Waals surface area contributed by atoms with Crippen molar-refractivity contribution < 1.29 is 9.21 Å². The third-order valence-electron chi connectivity index (χ3n) is 3.90. The fourth-order valence-corrected chi connectivity index (χ4v) is 2.49. The number of benzene rings is 2. The third-order valence-corrected chi connectivity index (χ3v) is 3.90. The molecule has 0 fully saturated rings. The Bertz CT molecular complexity index is 922. The zero-order valence-corrected chi connectivity index (χ0v) is 12.7. The number of amides is 1. The highest BCUT2D eigenvalue weighted by atomic mass is 16.4. The van der Waals surface area contributed by atoms with E-state index >= 15 is 0 Å². The predicted octanol–water partition coefficient (Wildman–Crippen LogP) is 1.15. The van der Waals surface area contributed by atoms with Crippen LogP contribution in [0, 0.1) is 0 Å². The molecule has 1 unspecified atom stereocenters. The molecule has 6 nitrogen and oxygen atoms in total. The number of rotatable bonds is 4. The summed E-state index contributed by atoms with van der Waals surface area (Å²) in [6.07, 6.45) is 0.408. The van der Waals surface area contributed by atoms with Crippen LogP contribution in [0.2, 0.25) is 0 Å². The maximum Gasteiger partial charge on any atom is 0.419 e. The second-order valence-corrected chi connectivity index (χ2v) is 5.52. The molecule has 0 spiro atoms. The molecule has 3 rings (SSSR count). The van der Waals surface area contributed by atoms with Gasteiger partial charge in [-0.3, -0.25) is 9.36 Å². The molecule has 0 saturated heterocycles. The molecule has 0 saturated carbocycles. The molecule has 6 heteroatoms. The Hall–Kier alpha value is -2.86. The van der Waals surface area contributed by atoms with Crippen LogP contribution in [0.1, 0.15) is 5.56 Å². The molecule has 1 amide bonds. The Balaban J connectivity index is 1.91. The highest BCUT2D eigenvalue weighted by Crippen LogP contribution is 2.24. The molecule has 0 radical (unpaired) electrons. The molecule has 23 heavy (non-hydrogen) atoms. The molecule has 4 N–H and O–H groups in total. The Morgan fingerprint density at radius 3 is 2.48 bits per heavy atom. The Morgan fingerprint density at radius 2 is 1.83 bits per heavy atom. The van der Waals surface area contributed by atoms with E-state index in [1.54, 1.807) is 13.1 Å². The quantitative estimate of drug-likeness (QED) is 0.754. The topological polar surface area (TPSA) is 104 Å². The van der Waals surface area contributed by atoms with Crippen LogP contribution in [-0.4, -0.2) is 16.5 Å². The van der Waals surface area contributed by atoms with E-state index in [9.17, 15) is 9.59 Å². The smallest absolute Gasteiger partial charge is 0.408 e. The summed E-state index contributed by atoms with van der Waals surface area (Å²) in [6, 6.07) is 12.6. The van der Waals surface area contributed by atoms with Gasteiger partial charge in [0, 0.05) is 7.05 Å². The third kappa shape index (κ3) is 2.89. The first-order chi connectivity index (χ1) is 11.0. The van der Waals surface area contributed by atoms with E-state index in [1.165, 1.54) is 4.57 Å². The summed E-state index contributed by atoms with van der Waals surface area (Å²) in [7, 11) is 1.67. The lowest BCUT2D eigenvalue weighted by molar-refractivity contribution is -0.119. The second kappa shape index (κ2) is 5.73. The first-order valence-corrected chi connectivity index (χ1v) is 7.19. The van der Waals surface area contributed by atoms with Gasteiger partial charge >= 0.3 is 5.76 Å². The lowest BCUT2D eigenvalue weighted by atomic mass is 10.0. The first kappa shape index (κ1) is 15.1. The highest BCUT2D eigenvalue weighted by molar-refractivity contribution is 5.81. The van der Waals surface area contributed by atoms with Gasteiger partial charge in [-0.1, -0.05) is 30.3 Å². The number of oxazole rings is 1. The monoisotopic (exact) mass is 311 g/mol. The van der Waals surface area contributed by atoms with Crippen LogP contribution < -0.4 is 17.2 Å². The lowest BCUT2D eigenvalue weighted by Gasteiger charge is -2.08. The fourth-order valence-electron chi connectivity index (χ4n) is 2.49. The number of aromatic nitrogens is 1. The van der Waals surface area contributed by atoms with E-state index in [2.05, 4.69) is 0 Å². The molecule has 1 heterocycles. The van der Waals surface area contributed by atoms with E-state index in [-0.39, 0.29) is 5.76 Å². The molecule has 2 aromatic carbocycles. The molecular weight excluding hydrogens is 294 g/mol. The molecule has 0 aliphatic heterocycles. The van der Waals surface area contributed by atoms with Crippen LogP contribution in [0.15, 0.2) is 51.7 Å². The van der Waals surface area contributed by atoms with Gasteiger partial charge in [-0.25, -0.2) is 4.79 Å². The highest BCUT2D eigenvalue weighted by Gasteiger charge is 2.11. The van der Waals surface area contributed by atoms with Crippen molar-refractivity contribution in [3.63, 3.8) is 0 Å². The molecule has 1 aromatic heterocycles. The second-order valence-electron chi connectivity index (χ2n) is 5.52. The molecule has 0 bridgehead atoms. The first-order valence-electron chi connectivity index (χ1n) is 7.19. The van der Waals surface area contributed by atoms with Crippen molar-refractivity contribution in [2.45, 2.75) is 12.5 Å². The van der Waals surface area contributed by atoms with Crippen LogP contribution in [0.3, 0.4) is 0 Å². The number of nitrogens with zero attached hydrogens (tertiary/aromatic N) is 1. The van der Waals surface area contributed by atoms with Crippen LogP contribution in [0.25, 0.3) is 22.2 Å². The Morgan fingerprint density at radius 1 is 1.17 bits per heavy atom. The lowest BCUT2D eigenvalue weighted by Crippen LogP contribution is -2.38. The summed E-state index contributed by atoms with van der Waals surface area (Å²) in [5, 5.41) is 0. The van der Waals surface area contributed by atoms with E-state index in [1.807, 2.05) is 36.4 Å². The fraction of sp³-hybridized carbons (Fsp3) is 0.176. The molecule has 0 aliphatic rings. The molecule has 3 aromatic rings. The molecule has 1 atom stereocenters. The summed E-state index contributed by atoms with van der Waals surface area (Å²) >= 11 is 0. The number of carbonyl (C=O) groups is 1. The van der Waals surface area contributed by atoms with Gasteiger partial charge in [-0.05, 0) is 35.2 Å². The summed E-state index contributed by atoms with van der Waals surface area (Å²) < 4.78 is 6.60. The minimum absolute atomic E-state index is 0.382. The number of nitrogens with two attached hydrogens (primary N) is 2. The van der Waals surface area contributed by atoms with Crippen molar-refractivity contribution in [3.8, 4) is 11.1 Å². The Kier molecular flexibility index (Phi) is 3.75. The summed E-state index contributed by atoms with van der Waals surface area (Å²) in [5.74, 6) is -0.895. The average Bonchev–Trinajstić information content (AvgIpc) is 2.82. The maximum absolute atomic E-state index is 11.5. The summed E-state index contributed by atoms with van der Waals surface area (Å²) in [4.78, 5) is 22.5. The minimum Gasteiger partial charge on any atom is -0.408 e. The number of aryl methyl sites for hydroxylation is 1. The number of fused-ring (bicyclic) bond motifs is 1. The summed E-state index contributed by atoms with van der Waals surface area (Å²) in [5.41, 5.74) is 15.0. The van der Waals surface area contributed by atoms with Gasteiger partial charge in [-0.2, -0.15) is 0 Å². The number of hydrogen-bond donors (Lipinski definition) is 2. The van der Waals surface area contributed by atoms with Crippen molar-refractivity contribution in [1.29, 1.82) is 0 Å². The van der Waals surface area contributed by atoms with E-state index in [4.69, 9.17) is 15.9 Å². The van der Waals surface area contributed by atoms with Crippen molar-refractivity contribution in [2.75, 3.05) is 0 Å². The molecule has 118 valence electrons. The van der Waals surface area contributed by atoms with Crippen LogP contribution >= 0.6 is 0 Å². The van der Waals surface area contributed by atoms with Gasteiger partial charge in [0.2, 0.25) is 5.91 Å². The number of carbonyl (C=O) groups excluding carboxylic acids is 1. The average molecular weight is 311 g/mol. The zero-order valence-electron chi connectivity index (χ0n) is 12.7. The van der Waals surface area contributed by atoms with Crippen molar-refractivity contribution in [3.05, 3.63) is 58.6 Å². The number of hydrogen-bond acceptors (Lipinski definition) is 4. The standard InChI is InChI=1S/C17H17N3O3/c1-20-14-9-12(6-7-15(14)23-17(20)22)11-4-2-10(3-5-11)8-13(18)16(19)21/h2-7,9,13H,8,18H2,1H3,(H2,19,21). The van der Waals surface area contributed by atoms with Crippen molar-refractivity contribution in [2.24, 2.45) is 18.5 Å². The molecule has 0 aliphatic carbocycles. The largest absolute Gasteiger partial charge is 0.419 e. The Labute approximate surface area is 132 Å². The van der Waals surface area contributed by atoms with E-state index in [0.717, 1.165) is 22.2 Å². The number of primary amides is 1. The van der Waals surface area contributed by atoms with E-state index in [0.29, 0.717) is 12.0 Å². The predicted molar refractivity (Wildman–Crippen MR) is 87.8 cm³/mol. The SMILES string of the molecule is Cn1c(=O)oc2ccc(-c3ccc(CC(N)C(N)=O)cc3)cc21. The van der Waals surface area contributed by atoms with Crippen LogP contribution in [0.5, 0.6) is 0 Å². The molecular formula is C17H17N3O3. The zero-order chi connectivity index (χ0) is 16.6. The van der Waals surface area contributed by atoms with Gasteiger partial charge in [0.05, 0.1) is 11.6 Å².